The van der Waals surface area contributed by atoms with Crippen molar-refractivity contribution < 1.29 is 0 Å². The molecule has 2 rings (SSSR count). The van der Waals surface area contributed by atoms with Gasteiger partial charge in [-0.25, -0.2) is 0 Å². The van der Waals surface area contributed by atoms with Gasteiger partial charge in [0.2, 0.25) is 0 Å². The summed E-state index contributed by atoms with van der Waals surface area (Å²) < 4.78 is 0. The lowest BCUT2D eigenvalue weighted by molar-refractivity contribution is 1.18. The minimum Gasteiger partial charge on any atom is -0.0843 e. The highest BCUT2D eigenvalue weighted by Gasteiger charge is 2.11. The van der Waals surface area contributed by atoms with Crippen molar-refractivity contribution in [3.63, 3.8) is 0 Å². The van der Waals surface area contributed by atoms with Crippen molar-refractivity contribution in [2.24, 2.45) is 0 Å². The van der Waals surface area contributed by atoms with Gasteiger partial charge >= 0.3 is 0 Å². The smallest absolute Gasteiger partial charge is 0.0645 e. The van der Waals surface area contributed by atoms with Crippen molar-refractivity contribution in [3.8, 4) is 0 Å². The van der Waals surface area contributed by atoms with Crippen LogP contribution in [0, 0.1) is 0 Å². The van der Waals surface area contributed by atoms with E-state index in [2.05, 4.69) is 15.9 Å². The fraction of sp³-hybridized carbons (Fsp3) is 0.0769. The number of hydrogen-bond donors (Lipinski definition) is 0. The van der Waals surface area contributed by atoms with E-state index in [9.17, 15) is 0 Å². The highest BCUT2D eigenvalue weighted by Crippen LogP contribution is 2.34. The number of benzene rings is 2. The third-order valence-corrected chi connectivity index (χ3v) is 4.45. The molecule has 17 heavy (non-hydrogen) atoms. The Bertz CT molecular complexity index is 523. The summed E-state index contributed by atoms with van der Waals surface area (Å²) in [6.45, 7) is 0. The summed E-state index contributed by atoms with van der Waals surface area (Å²) in [5.74, 6) is 0. The molecule has 1 atom stereocenters. The Labute approximate surface area is 124 Å². The average molecular weight is 350 g/mol. The first-order valence-electron chi connectivity index (χ1n) is 4.92. The predicted molar refractivity (Wildman–Crippen MR) is 78.7 cm³/mol. The van der Waals surface area contributed by atoms with Gasteiger partial charge in [-0.3, -0.25) is 0 Å². The van der Waals surface area contributed by atoms with Crippen LogP contribution in [0.1, 0.15) is 16.0 Å². The van der Waals surface area contributed by atoms with Crippen LogP contribution in [0.15, 0.2) is 42.5 Å². The van der Waals surface area contributed by atoms with E-state index in [0.29, 0.717) is 10.0 Å². The number of halogens is 4. The van der Waals surface area contributed by atoms with Gasteiger partial charge in [0, 0.05) is 5.02 Å². The molecule has 2 aromatic rings. The van der Waals surface area contributed by atoms with Crippen molar-refractivity contribution in [2.45, 2.75) is 4.83 Å². The average Bonchev–Trinajstić information content (AvgIpc) is 2.33. The summed E-state index contributed by atoms with van der Waals surface area (Å²) in [6.07, 6.45) is 0. The zero-order valence-electron chi connectivity index (χ0n) is 8.63. The molecule has 0 nitrogen and oxygen atoms in total. The maximum atomic E-state index is 6.00. The number of hydrogen-bond acceptors (Lipinski definition) is 0. The van der Waals surface area contributed by atoms with E-state index < -0.39 is 0 Å². The van der Waals surface area contributed by atoms with Crippen molar-refractivity contribution in [1.29, 1.82) is 0 Å². The summed E-state index contributed by atoms with van der Waals surface area (Å²) in [4.78, 5) is 0.0783. The highest BCUT2D eigenvalue weighted by molar-refractivity contribution is 9.09. The van der Waals surface area contributed by atoms with E-state index >= 15 is 0 Å². The summed E-state index contributed by atoms with van der Waals surface area (Å²) >= 11 is 21.4. The molecule has 0 spiro atoms. The standard InChI is InChI=1S/C13H8BrCl3/c14-13(8-1-4-10(15)5-2-8)9-3-6-11(16)12(17)7-9/h1-7,13H. The number of alkyl halides is 1. The first kappa shape index (κ1) is 13.2. The molecule has 0 bridgehead atoms. The molecule has 88 valence electrons. The molecule has 0 aromatic heterocycles. The largest absolute Gasteiger partial charge is 0.0843 e. The zero-order valence-corrected chi connectivity index (χ0v) is 12.5. The summed E-state index contributed by atoms with van der Waals surface area (Å²) in [5.41, 5.74) is 2.18. The van der Waals surface area contributed by atoms with Gasteiger partial charge in [0.25, 0.3) is 0 Å². The third kappa shape index (κ3) is 3.17. The fourth-order valence-corrected chi connectivity index (χ4v) is 2.52. The predicted octanol–water partition coefficient (Wildman–Crippen LogP) is 6.13. The van der Waals surface area contributed by atoms with E-state index in [1.165, 1.54) is 0 Å². The second-order valence-electron chi connectivity index (χ2n) is 3.59. The van der Waals surface area contributed by atoms with Gasteiger partial charge in [0.15, 0.2) is 0 Å². The van der Waals surface area contributed by atoms with Crippen molar-refractivity contribution in [3.05, 3.63) is 68.7 Å². The molecule has 4 heteroatoms. The quantitative estimate of drug-likeness (QED) is 0.571. The lowest BCUT2D eigenvalue weighted by Crippen LogP contribution is -1.92. The van der Waals surface area contributed by atoms with Gasteiger partial charge in [-0.15, -0.1) is 0 Å². The molecule has 0 aliphatic rings. The van der Waals surface area contributed by atoms with Crippen LogP contribution in [0.5, 0.6) is 0 Å². The Balaban J connectivity index is 2.33. The zero-order chi connectivity index (χ0) is 12.4. The van der Waals surface area contributed by atoms with Gasteiger partial charge in [-0.05, 0) is 35.4 Å². The first-order valence-corrected chi connectivity index (χ1v) is 6.97. The molecule has 0 N–H and O–H groups in total. The molecular formula is C13H8BrCl3. The lowest BCUT2D eigenvalue weighted by Gasteiger charge is -2.11. The van der Waals surface area contributed by atoms with Crippen LogP contribution in [0.25, 0.3) is 0 Å². The molecule has 0 saturated carbocycles. The Morgan fingerprint density at radius 1 is 0.765 bits per heavy atom. The van der Waals surface area contributed by atoms with Crippen LogP contribution in [0.4, 0.5) is 0 Å². The van der Waals surface area contributed by atoms with Gasteiger partial charge in [-0.2, -0.15) is 0 Å². The van der Waals surface area contributed by atoms with Crippen molar-refractivity contribution in [1.82, 2.24) is 0 Å². The summed E-state index contributed by atoms with van der Waals surface area (Å²) in [5, 5.41) is 1.84. The van der Waals surface area contributed by atoms with Crippen molar-refractivity contribution in [2.75, 3.05) is 0 Å². The molecular weight excluding hydrogens is 342 g/mol. The molecule has 0 aliphatic carbocycles. The Morgan fingerprint density at radius 2 is 1.35 bits per heavy atom. The van der Waals surface area contributed by atoms with Crippen LogP contribution in [0.3, 0.4) is 0 Å². The van der Waals surface area contributed by atoms with E-state index in [1.54, 1.807) is 6.07 Å². The van der Waals surface area contributed by atoms with Crippen LogP contribution >= 0.6 is 50.7 Å². The van der Waals surface area contributed by atoms with E-state index in [4.69, 9.17) is 34.8 Å². The molecule has 2 aromatic carbocycles. The Kier molecular flexibility index (Phi) is 4.37. The fourth-order valence-electron chi connectivity index (χ4n) is 1.49. The number of rotatable bonds is 2. The molecule has 0 heterocycles. The minimum absolute atomic E-state index is 0.0783. The van der Waals surface area contributed by atoms with E-state index in [-0.39, 0.29) is 4.83 Å². The van der Waals surface area contributed by atoms with Crippen LogP contribution < -0.4 is 0 Å². The highest BCUT2D eigenvalue weighted by atomic mass is 79.9. The summed E-state index contributed by atoms with van der Waals surface area (Å²) in [6, 6.07) is 13.3. The molecule has 0 aliphatic heterocycles. The van der Waals surface area contributed by atoms with Gasteiger partial charge in [0.05, 0.1) is 14.9 Å². The first-order chi connectivity index (χ1) is 8.08. The molecule has 0 radical (unpaired) electrons. The maximum absolute atomic E-state index is 6.00. The SMILES string of the molecule is Clc1ccc(C(Br)c2ccc(Cl)c(Cl)c2)cc1. The van der Waals surface area contributed by atoms with Gasteiger partial charge in [0.1, 0.15) is 0 Å². The third-order valence-electron chi connectivity index (χ3n) is 2.40. The van der Waals surface area contributed by atoms with Crippen LogP contribution in [-0.2, 0) is 0 Å². The van der Waals surface area contributed by atoms with Gasteiger partial charge < -0.3 is 0 Å². The summed E-state index contributed by atoms with van der Waals surface area (Å²) in [7, 11) is 0. The normalized spacial score (nSPS) is 12.5. The Hall–Kier alpha value is -0.210. The Morgan fingerprint density at radius 3 is 1.94 bits per heavy atom. The molecule has 0 amide bonds. The van der Waals surface area contributed by atoms with Crippen LogP contribution in [-0.4, -0.2) is 0 Å². The van der Waals surface area contributed by atoms with Crippen molar-refractivity contribution >= 4 is 50.7 Å². The molecule has 1 unspecified atom stereocenters. The minimum atomic E-state index is 0.0783. The second-order valence-corrected chi connectivity index (χ2v) is 5.75. The maximum Gasteiger partial charge on any atom is 0.0645 e. The van der Waals surface area contributed by atoms with E-state index in [0.717, 1.165) is 16.1 Å². The monoisotopic (exact) mass is 348 g/mol. The second kappa shape index (κ2) is 5.62. The molecule has 0 saturated heterocycles. The van der Waals surface area contributed by atoms with Crippen LogP contribution in [0.2, 0.25) is 15.1 Å². The van der Waals surface area contributed by atoms with E-state index in [1.807, 2.05) is 36.4 Å². The topological polar surface area (TPSA) is 0 Å². The molecule has 0 fully saturated rings. The lowest BCUT2D eigenvalue weighted by atomic mass is 10.1. The van der Waals surface area contributed by atoms with Gasteiger partial charge in [-0.1, -0.05) is 68.9 Å².